The van der Waals surface area contributed by atoms with Gasteiger partial charge in [-0.1, -0.05) is 30.3 Å². The van der Waals surface area contributed by atoms with E-state index in [1.807, 2.05) is 18.2 Å². The molecule has 0 N–H and O–H groups in total. The van der Waals surface area contributed by atoms with E-state index in [9.17, 15) is 0 Å². The van der Waals surface area contributed by atoms with Crippen LogP contribution in [0.5, 0.6) is 5.75 Å². The van der Waals surface area contributed by atoms with Crippen LogP contribution in [0.25, 0.3) is 11.1 Å². The number of rotatable bonds is 4. The van der Waals surface area contributed by atoms with E-state index < -0.39 is 0 Å². The molecule has 0 aliphatic heterocycles. The Morgan fingerprint density at radius 2 is 1.74 bits per heavy atom. The summed E-state index contributed by atoms with van der Waals surface area (Å²) in [5, 5.41) is 2.11. The molecule has 0 spiro atoms. The number of hydrogen-bond acceptors (Lipinski definition) is 2. The summed E-state index contributed by atoms with van der Waals surface area (Å²) in [6.45, 7) is 7.08. The molecule has 0 saturated carbocycles. The first-order valence-electron chi connectivity index (χ1n) is 7.59. The predicted molar refractivity (Wildman–Crippen MR) is 102 cm³/mol. The molecule has 0 saturated heterocycles. The fraction of sp³-hybridized carbons (Fsp3) is 0.200. The molecule has 23 heavy (non-hydrogen) atoms. The van der Waals surface area contributed by atoms with Crippen molar-refractivity contribution in [2.75, 3.05) is 0 Å². The maximum atomic E-state index is 6.20. The minimum absolute atomic E-state index is 0.581. The molecule has 3 heteroatoms. The van der Waals surface area contributed by atoms with Gasteiger partial charge in [0.15, 0.2) is 0 Å². The zero-order valence-corrected chi connectivity index (χ0v) is 15.9. The van der Waals surface area contributed by atoms with Crippen molar-refractivity contribution < 1.29 is 4.74 Å². The number of thiophene rings is 1. The molecular weight excluding hydrogens is 368 g/mol. The van der Waals surface area contributed by atoms with E-state index in [4.69, 9.17) is 4.74 Å². The normalized spacial score (nSPS) is 10.8. The second kappa shape index (κ2) is 6.90. The van der Waals surface area contributed by atoms with E-state index in [1.165, 1.54) is 33.4 Å². The molecule has 0 atom stereocenters. The Morgan fingerprint density at radius 3 is 2.39 bits per heavy atom. The molecule has 1 heterocycles. The maximum absolute atomic E-state index is 6.20. The number of benzene rings is 2. The van der Waals surface area contributed by atoms with Crippen molar-refractivity contribution in [1.82, 2.24) is 0 Å². The molecule has 2 aromatic carbocycles. The third kappa shape index (κ3) is 3.36. The molecule has 0 aliphatic rings. The van der Waals surface area contributed by atoms with Gasteiger partial charge in [-0.3, -0.25) is 0 Å². The minimum Gasteiger partial charge on any atom is -0.488 e. The van der Waals surface area contributed by atoms with Crippen molar-refractivity contribution in [2.24, 2.45) is 0 Å². The second-order valence-corrected chi connectivity index (χ2v) is 7.93. The Kier molecular flexibility index (Phi) is 4.88. The maximum Gasteiger partial charge on any atom is 0.128 e. The van der Waals surface area contributed by atoms with Crippen LogP contribution in [0.3, 0.4) is 0 Å². The lowest BCUT2D eigenvalue weighted by Crippen LogP contribution is -2.00. The first-order chi connectivity index (χ1) is 11.1. The molecule has 118 valence electrons. The van der Waals surface area contributed by atoms with Crippen molar-refractivity contribution in [1.29, 1.82) is 0 Å². The van der Waals surface area contributed by atoms with Crippen LogP contribution in [0, 0.1) is 20.8 Å². The Balaban J connectivity index is 2.03. The van der Waals surface area contributed by atoms with E-state index in [2.05, 4.69) is 66.3 Å². The molecule has 3 aromatic rings. The van der Waals surface area contributed by atoms with Gasteiger partial charge in [0.25, 0.3) is 0 Å². The van der Waals surface area contributed by atoms with Gasteiger partial charge in [-0.2, -0.15) is 0 Å². The van der Waals surface area contributed by atoms with E-state index in [0.717, 1.165) is 9.54 Å². The summed E-state index contributed by atoms with van der Waals surface area (Å²) in [5.74, 6) is 0.952. The quantitative estimate of drug-likeness (QED) is 0.485. The van der Waals surface area contributed by atoms with Gasteiger partial charge >= 0.3 is 0 Å². The first kappa shape index (κ1) is 16.3. The second-order valence-electron chi connectivity index (χ2n) is 5.70. The monoisotopic (exact) mass is 386 g/mol. The average Bonchev–Trinajstić information content (AvgIpc) is 2.97. The molecule has 1 aromatic heterocycles. The Bertz CT molecular complexity index is 821. The third-order valence-electron chi connectivity index (χ3n) is 4.25. The van der Waals surface area contributed by atoms with Gasteiger partial charge in [-0.05, 0) is 76.5 Å². The fourth-order valence-corrected chi connectivity index (χ4v) is 3.98. The largest absolute Gasteiger partial charge is 0.488 e. The Morgan fingerprint density at radius 1 is 1.00 bits per heavy atom. The molecular formula is C20H19BrOS. The summed E-state index contributed by atoms with van der Waals surface area (Å²) in [7, 11) is 0. The standard InChI is InChI=1S/C20H19BrOS/c1-13-11-18(22-12-16-7-5-4-6-8-16)19(15(3)14(13)2)17-9-10-23-20(17)21/h4-11H,12H2,1-3H3. The van der Waals surface area contributed by atoms with Crippen molar-refractivity contribution >= 4 is 27.3 Å². The zero-order chi connectivity index (χ0) is 16.4. The van der Waals surface area contributed by atoms with Crippen LogP contribution in [-0.2, 0) is 6.61 Å². The van der Waals surface area contributed by atoms with Crippen molar-refractivity contribution in [2.45, 2.75) is 27.4 Å². The Labute approximate surface area is 150 Å². The van der Waals surface area contributed by atoms with Gasteiger partial charge in [-0.15, -0.1) is 11.3 Å². The minimum atomic E-state index is 0.581. The van der Waals surface area contributed by atoms with Crippen molar-refractivity contribution in [3.05, 3.63) is 73.9 Å². The van der Waals surface area contributed by atoms with Crippen LogP contribution in [0.2, 0.25) is 0 Å². The first-order valence-corrected chi connectivity index (χ1v) is 9.26. The average molecular weight is 387 g/mol. The lowest BCUT2D eigenvalue weighted by atomic mass is 9.94. The highest BCUT2D eigenvalue weighted by molar-refractivity contribution is 9.11. The Hall–Kier alpha value is -1.58. The van der Waals surface area contributed by atoms with Crippen LogP contribution in [0.1, 0.15) is 22.3 Å². The molecule has 0 amide bonds. The summed E-state index contributed by atoms with van der Waals surface area (Å²) in [5.41, 5.74) is 7.45. The topological polar surface area (TPSA) is 9.23 Å². The fourth-order valence-electron chi connectivity index (χ4n) is 2.70. The molecule has 0 fully saturated rings. The van der Waals surface area contributed by atoms with Gasteiger partial charge < -0.3 is 4.74 Å². The number of aryl methyl sites for hydroxylation is 1. The lowest BCUT2D eigenvalue weighted by molar-refractivity contribution is 0.307. The zero-order valence-electron chi connectivity index (χ0n) is 13.5. The highest BCUT2D eigenvalue weighted by atomic mass is 79.9. The smallest absolute Gasteiger partial charge is 0.128 e. The van der Waals surface area contributed by atoms with Crippen LogP contribution in [-0.4, -0.2) is 0 Å². The van der Waals surface area contributed by atoms with Gasteiger partial charge in [0.1, 0.15) is 12.4 Å². The summed E-state index contributed by atoms with van der Waals surface area (Å²) >= 11 is 5.38. The number of ether oxygens (including phenoxy) is 1. The predicted octanol–water partition coefficient (Wildman–Crippen LogP) is 6.68. The molecule has 0 radical (unpaired) electrons. The highest BCUT2D eigenvalue weighted by Crippen LogP contribution is 2.42. The van der Waals surface area contributed by atoms with Gasteiger partial charge in [-0.25, -0.2) is 0 Å². The van der Waals surface area contributed by atoms with Gasteiger partial charge in [0.2, 0.25) is 0 Å². The lowest BCUT2D eigenvalue weighted by Gasteiger charge is -2.18. The van der Waals surface area contributed by atoms with Gasteiger partial charge in [0, 0.05) is 11.1 Å². The van der Waals surface area contributed by atoms with Crippen LogP contribution < -0.4 is 4.74 Å². The SMILES string of the molecule is Cc1cc(OCc2ccccc2)c(-c2ccsc2Br)c(C)c1C. The molecule has 0 aliphatic carbocycles. The van der Waals surface area contributed by atoms with Crippen LogP contribution >= 0.6 is 27.3 Å². The highest BCUT2D eigenvalue weighted by Gasteiger charge is 2.17. The van der Waals surface area contributed by atoms with E-state index in [-0.39, 0.29) is 0 Å². The summed E-state index contributed by atoms with van der Waals surface area (Å²) in [4.78, 5) is 0. The van der Waals surface area contributed by atoms with Crippen molar-refractivity contribution in [3.63, 3.8) is 0 Å². The third-order valence-corrected chi connectivity index (χ3v) is 5.93. The molecule has 3 rings (SSSR count). The van der Waals surface area contributed by atoms with Crippen LogP contribution in [0.15, 0.2) is 51.6 Å². The van der Waals surface area contributed by atoms with Crippen LogP contribution in [0.4, 0.5) is 0 Å². The van der Waals surface area contributed by atoms with E-state index in [1.54, 1.807) is 11.3 Å². The van der Waals surface area contributed by atoms with Crippen molar-refractivity contribution in [3.8, 4) is 16.9 Å². The molecule has 1 nitrogen and oxygen atoms in total. The van der Waals surface area contributed by atoms with Gasteiger partial charge in [0.05, 0.1) is 3.79 Å². The summed E-state index contributed by atoms with van der Waals surface area (Å²) in [6, 6.07) is 14.6. The molecule has 0 bridgehead atoms. The molecule has 0 unspecified atom stereocenters. The number of hydrogen-bond donors (Lipinski definition) is 0. The van der Waals surface area contributed by atoms with E-state index in [0.29, 0.717) is 6.61 Å². The summed E-state index contributed by atoms with van der Waals surface area (Å²) in [6.07, 6.45) is 0. The number of halogens is 1. The summed E-state index contributed by atoms with van der Waals surface area (Å²) < 4.78 is 7.35. The van der Waals surface area contributed by atoms with E-state index >= 15 is 0 Å².